The first-order valence-electron chi connectivity index (χ1n) is 7.73. The Labute approximate surface area is 168 Å². The summed E-state index contributed by atoms with van der Waals surface area (Å²) in [6.07, 6.45) is -6.38. The molecule has 0 unspecified atom stereocenters. The van der Waals surface area contributed by atoms with Crippen LogP contribution in [0.15, 0.2) is 36.4 Å². The lowest BCUT2D eigenvalue weighted by Gasteiger charge is -2.29. The number of hydrogen-bond donors (Lipinski definition) is 1. The maximum absolute atomic E-state index is 14.0. The average molecular weight is 430 g/mol. The largest absolute Gasteiger partial charge is 0.478 e. The molecule has 0 spiro atoms. The van der Waals surface area contributed by atoms with Gasteiger partial charge in [-0.25, -0.2) is 4.79 Å². The SMILES string of the molecule is Cc1c(C(=O)O)cccc1C(=O)C[C@](C#N)(c1cc(Cl)cc(Cl)c1)C(F)(F)F. The van der Waals surface area contributed by atoms with Crippen LogP contribution in [0.4, 0.5) is 13.2 Å². The molecular formula is C19H12Cl2F3NO3. The summed E-state index contributed by atoms with van der Waals surface area (Å²) in [5.41, 5.74) is -4.19. The van der Waals surface area contributed by atoms with Gasteiger partial charge in [0.05, 0.1) is 11.6 Å². The van der Waals surface area contributed by atoms with E-state index in [1.54, 1.807) is 0 Å². The van der Waals surface area contributed by atoms with E-state index in [1.807, 2.05) is 0 Å². The van der Waals surface area contributed by atoms with E-state index in [0.717, 1.165) is 12.1 Å². The molecule has 1 atom stereocenters. The molecule has 28 heavy (non-hydrogen) atoms. The molecule has 2 rings (SSSR count). The number of aromatic carboxylic acids is 1. The van der Waals surface area contributed by atoms with Gasteiger partial charge >= 0.3 is 12.1 Å². The molecule has 2 aromatic carbocycles. The summed E-state index contributed by atoms with van der Waals surface area (Å²) < 4.78 is 41.9. The van der Waals surface area contributed by atoms with E-state index < -0.39 is 35.3 Å². The van der Waals surface area contributed by atoms with Crippen molar-refractivity contribution >= 4 is 35.0 Å². The van der Waals surface area contributed by atoms with Crippen LogP contribution in [0.5, 0.6) is 0 Å². The number of nitrogens with zero attached hydrogens (tertiary/aromatic N) is 1. The molecule has 0 saturated carbocycles. The Balaban J connectivity index is 2.62. The highest BCUT2D eigenvalue weighted by Crippen LogP contribution is 2.45. The number of hydrogen-bond acceptors (Lipinski definition) is 3. The zero-order valence-corrected chi connectivity index (χ0v) is 15.8. The Morgan fingerprint density at radius 3 is 2.11 bits per heavy atom. The number of ketones is 1. The van der Waals surface area contributed by atoms with Crippen molar-refractivity contribution in [2.75, 3.05) is 0 Å². The smallest absolute Gasteiger partial charge is 0.411 e. The minimum Gasteiger partial charge on any atom is -0.478 e. The normalized spacial score (nSPS) is 13.5. The Morgan fingerprint density at radius 2 is 1.64 bits per heavy atom. The molecule has 0 heterocycles. The molecule has 0 aliphatic heterocycles. The van der Waals surface area contributed by atoms with E-state index >= 15 is 0 Å². The van der Waals surface area contributed by atoms with Gasteiger partial charge in [-0.1, -0.05) is 35.3 Å². The van der Waals surface area contributed by atoms with Crippen LogP contribution in [0.3, 0.4) is 0 Å². The lowest BCUT2D eigenvalue weighted by molar-refractivity contribution is -0.172. The maximum atomic E-state index is 14.0. The van der Waals surface area contributed by atoms with Crippen molar-refractivity contribution in [3.63, 3.8) is 0 Å². The zero-order valence-electron chi connectivity index (χ0n) is 14.3. The summed E-state index contributed by atoms with van der Waals surface area (Å²) >= 11 is 11.6. The monoisotopic (exact) mass is 429 g/mol. The Morgan fingerprint density at radius 1 is 1.11 bits per heavy atom. The third-order valence-electron chi connectivity index (χ3n) is 4.32. The number of carbonyl (C=O) groups is 2. The Hall–Kier alpha value is -2.56. The number of halogens is 5. The number of nitriles is 1. The van der Waals surface area contributed by atoms with E-state index in [9.17, 15) is 28.0 Å². The third kappa shape index (κ3) is 3.98. The van der Waals surface area contributed by atoms with Crippen LogP contribution in [0.25, 0.3) is 0 Å². The predicted octanol–water partition coefficient (Wildman–Crippen LogP) is 5.60. The second-order valence-electron chi connectivity index (χ2n) is 6.06. The molecule has 1 N–H and O–H groups in total. The van der Waals surface area contributed by atoms with Crippen molar-refractivity contribution < 1.29 is 27.9 Å². The van der Waals surface area contributed by atoms with Gasteiger partial charge in [-0.05, 0) is 42.3 Å². The highest BCUT2D eigenvalue weighted by molar-refractivity contribution is 6.34. The molecule has 4 nitrogen and oxygen atoms in total. The molecule has 9 heteroatoms. The lowest BCUT2D eigenvalue weighted by Crippen LogP contribution is -2.43. The van der Waals surface area contributed by atoms with E-state index in [-0.39, 0.29) is 26.7 Å². The molecule has 0 aromatic heterocycles. The fraction of sp³-hybridized carbons (Fsp3) is 0.211. The van der Waals surface area contributed by atoms with Gasteiger partial charge in [0.25, 0.3) is 0 Å². The van der Waals surface area contributed by atoms with Crippen LogP contribution in [-0.2, 0) is 5.41 Å². The van der Waals surface area contributed by atoms with Gasteiger partial charge in [0.1, 0.15) is 0 Å². The average Bonchev–Trinajstić information content (AvgIpc) is 2.57. The van der Waals surface area contributed by atoms with Crippen molar-refractivity contribution in [2.24, 2.45) is 0 Å². The van der Waals surface area contributed by atoms with Crippen molar-refractivity contribution in [2.45, 2.75) is 24.9 Å². The Bertz CT molecular complexity index is 979. The van der Waals surface area contributed by atoms with E-state index in [2.05, 4.69) is 0 Å². The minimum absolute atomic E-state index is 0.0122. The number of rotatable bonds is 5. The predicted molar refractivity (Wildman–Crippen MR) is 96.9 cm³/mol. The van der Waals surface area contributed by atoms with E-state index in [0.29, 0.717) is 0 Å². The molecular weight excluding hydrogens is 418 g/mol. The number of alkyl halides is 3. The lowest BCUT2D eigenvalue weighted by atomic mass is 9.75. The number of carbonyl (C=O) groups excluding carboxylic acids is 1. The topological polar surface area (TPSA) is 78.2 Å². The van der Waals surface area contributed by atoms with Gasteiger partial charge in [-0.2, -0.15) is 18.4 Å². The van der Waals surface area contributed by atoms with Gasteiger partial charge in [0.15, 0.2) is 11.2 Å². The summed E-state index contributed by atoms with van der Waals surface area (Å²) in [5.74, 6) is -2.35. The second kappa shape index (κ2) is 7.82. The molecule has 146 valence electrons. The summed E-state index contributed by atoms with van der Waals surface area (Å²) in [6, 6.07) is 7.96. The quantitative estimate of drug-likeness (QED) is 0.627. The number of Topliss-reactive ketones (excluding diaryl/α,β-unsaturated/α-hetero) is 1. The molecule has 0 fully saturated rings. The summed E-state index contributed by atoms with van der Waals surface area (Å²) in [4.78, 5) is 23.9. The Kier molecular flexibility index (Phi) is 6.07. The first-order valence-corrected chi connectivity index (χ1v) is 8.49. The van der Waals surface area contributed by atoms with Crippen LogP contribution in [-0.4, -0.2) is 23.0 Å². The van der Waals surface area contributed by atoms with Gasteiger partial charge in [-0.15, -0.1) is 0 Å². The van der Waals surface area contributed by atoms with Gasteiger partial charge in [0, 0.05) is 22.0 Å². The standard InChI is InChI=1S/C19H12Cl2F3NO3/c1-10-14(3-2-4-15(10)17(27)28)16(26)8-18(9-25,19(22,23)24)11-5-12(20)7-13(21)6-11/h2-7H,8H2,1H3,(H,27,28)/t18-/m0/s1. The fourth-order valence-electron chi connectivity index (χ4n) is 2.84. The summed E-state index contributed by atoms with van der Waals surface area (Å²) in [7, 11) is 0. The highest BCUT2D eigenvalue weighted by atomic mass is 35.5. The molecule has 0 saturated heterocycles. The maximum Gasteiger partial charge on any atom is 0.411 e. The van der Waals surface area contributed by atoms with Gasteiger partial charge in [0.2, 0.25) is 0 Å². The molecule has 0 bridgehead atoms. The van der Waals surface area contributed by atoms with Crippen LogP contribution >= 0.6 is 23.2 Å². The van der Waals surface area contributed by atoms with E-state index in [1.165, 1.54) is 37.3 Å². The molecule has 0 amide bonds. The van der Waals surface area contributed by atoms with Crippen LogP contribution in [0, 0.1) is 18.3 Å². The first kappa shape index (κ1) is 21.7. The number of carboxylic acids is 1. The highest BCUT2D eigenvalue weighted by Gasteiger charge is 2.58. The summed E-state index contributed by atoms with van der Waals surface area (Å²) in [6.45, 7) is 1.31. The molecule has 2 aromatic rings. The van der Waals surface area contributed by atoms with Crippen LogP contribution < -0.4 is 0 Å². The second-order valence-corrected chi connectivity index (χ2v) is 6.93. The van der Waals surface area contributed by atoms with Crippen LogP contribution in [0.1, 0.15) is 38.3 Å². The molecule has 0 radical (unpaired) electrons. The summed E-state index contributed by atoms with van der Waals surface area (Å²) in [5, 5.41) is 18.4. The number of benzene rings is 2. The van der Waals surface area contributed by atoms with Gasteiger partial charge < -0.3 is 5.11 Å². The zero-order chi connectivity index (χ0) is 21.3. The number of carboxylic acid groups (broad SMARTS) is 1. The van der Waals surface area contributed by atoms with Crippen LogP contribution in [0.2, 0.25) is 10.0 Å². The van der Waals surface area contributed by atoms with Crippen molar-refractivity contribution in [3.05, 3.63) is 68.7 Å². The minimum atomic E-state index is -5.12. The molecule has 0 aliphatic carbocycles. The fourth-order valence-corrected chi connectivity index (χ4v) is 3.37. The molecule has 0 aliphatic rings. The van der Waals surface area contributed by atoms with Crippen molar-refractivity contribution in [3.8, 4) is 6.07 Å². The van der Waals surface area contributed by atoms with Gasteiger partial charge in [-0.3, -0.25) is 4.79 Å². The first-order chi connectivity index (χ1) is 12.9. The third-order valence-corrected chi connectivity index (χ3v) is 4.76. The van der Waals surface area contributed by atoms with E-state index in [4.69, 9.17) is 28.3 Å². The van der Waals surface area contributed by atoms with Crippen molar-refractivity contribution in [1.29, 1.82) is 5.26 Å². The van der Waals surface area contributed by atoms with Crippen molar-refractivity contribution in [1.82, 2.24) is 0 Å².